The molecule has 4 aromatic heterocycles. The van der Waals surface area contributed by atoms with Crippen molar-refractivity contribution >= 4 is 28.7 Å². The number of aromatic nitrogens is 6. The molecule has 156 valence electrons. The molecule has 4 aromatic rings. The topological polar surface area (TPSA) is 86.7 Å². The first-order chi connectivity index (χ1) is 14.4. The van der Waals surface area contributed by atoms with Gasteiger partial charge >= 0.3 is 0 Å². The SMILES string of the molecule is CC[C@H](OC)c1c(CC(=O)Cc2cc(F)c3nc(C)nn3c2)cnc2cc(Cl)nn12. The molecule has 0 radical (unpaired) electrons. The lowest BCUT2D eigenvalue weighted by Gasteiger charge is -2.18. The van der Waals surface area contributed by atoms with E-state index in [1.54, 1.807) is 37.0 Å². The van der Waals surface area contributed by atoms with Gasteiger partial charge in [-0.3, -0.25) is 4.79 Å². The highest BCUT2D eigenvalue weighted by Crippen LogP contribution is 2.26. The predicted molar refractivity (Wildman–Crippen MR) is 108 cm³/mol. The van der Waals surface area contributed by atoms with Crippen LogP contribution >= 0.6 is 11.6 Å². The molecule has 0 aliphatic heterocycles. The lowest BCUT2D eigenvalue weighted by Crippen LogP contribution is -2.16. The van der Waals surface area contributed by atoms with Crippen LogP contribution in [0.1, 0.15) is 42.1 Å². The quantitative estimate of drug-likeness (QED) is 0.447. The van der Waals surface area contributed by atoms with Gasteiger partial charge in [0.1, 0.15) is 11.6 Å². The maximum atomic E-state index is 14.3. The van der Waals surface area contributed by atoms with Crippen molar-refractivity contribution in [1.82, 2.24) is 29.2 Å². The Labute approximate surface area is 176 Å². The van der Waals surface area contributed by atoms with E-state index in [1.165, 1.54) is 10.6 Å². The number of fused-ring (bicyclic) bond motifs is 2. The van der Waals surface area contributed by atoms with Crippen LogP contribution in [0, 0.1) is 12.7 Å². The van der Waals surface area contributed by atoms with Crippen molar-refractivity contribution in [3.05, 3.63) is 58.1 Å². The van der Waals surface area contributed by atoms with Gasteiger partial charge in [0.25, 0.3) is 0 Å². The molecule has 0 unspecified atom stereocenters. The molecule has 8 nitrogen and oxygen atoms in total. The summed E-state index contributed by atoms with van der Waals surface area (Å²) in [5.74, 6) is -0.150. The zero-order valence-electron chi connectivity index (χ0n) is 16.8. The van der Waals surface area contributed by atoms with Crippen LogP contribution in [0.5, 0.6) is 0 Å². The normalized spacial score (nSPS) is 12.7. The predicted octanol–water partition coefficient (Wildman–Crippen LogP) is 3.32. The van der Waals surface area contributed by atoms with Gasteiger partial charge in [0.15, 0.2) is 22.3 Å². The number of hydrogen-bond acceptors (Lipinski definition) is 6. The average molecular weight is 431 g/mol. The van der Waals surface area contributed by atoms with Crippen molar-refractivity contribution in [3.8, 4) is 0 Å². The molecule has 4 rings (SSSR count). The zero-order valence-corrected chi connectivity index (χ0v) is 17.5. The highest BCUT2D eigenvalue weighted by molar-refractivity contribution is 6.29. The van der Waals surface area contributed by atoms with E-state index in [-0.39, 0.29) is 30.4 Å². The Morgan fingerprint density at radius 2 is 2.10 bits per heavy atom. The van der Waals surface area contributed by atoms with Crippen molar-refractivity contribution in [2.24, 2.45) is 0 Å². The Morgan fingerprint density at radius 3 is 2.83 bits per heavy atom. The summed E-state index contributed by atoms with van der Waals surface area (Å²) in [5.41, 5.74) is 2.67. The second kappa shape index (κ2) is 8.08. The number of rotatable bonds is 7. The number of pyridine rings is 1. The number of methoxy groups -OCH3 is 1. The molecule has 0 bridgehead atoms. The maximum Gasteiger partial charge on any atom is 0.191 e. The van der Waals surface area contributed by atoms with Crippen LogP contribution < -0.4 is 0 Å². The van der Waals surface area contributed by atoms with E-state index < -0.39 is 5.82 Å². The highest BCUT2D eigenvalue weighted by Gasteiger charge is 2.21. The van der Waals surface area contributed by atoms with Gasteiger partial charge in [0, 0.05) is 44.0 Å². The molecule has 0 N–H and O–H groups in total. The Bertz CT molecular complexity index is 1250. The second-order valence-corrected chi connectivity index (χ2v) is 7.44. The first-order valence-electron chi connectivity index (χ1n) is 9.48. The Hall–Kier alpha value is -2.91. The number of nitrogens with zero attached hydrogens (tertiary/aromatic N) is 6. The van der Waals surface area contributed by atoms with Gasteiger partial charge < -0.3 is 4.74 Å². The third kappa shape index (κ3) is 3.78. The van der Waals surface area contributed by atoms with Crippen LogP contribution in [0.2, 0.25) is 5.15 Å². The molecular formula is C20H20ClFN6O2. The fourth-order valence-corrected chi connectivity index (χ4v) is 3.79. The summed E-state index contributed by atoms with van der Waals surface area (Å²) in [7, 11) is 1.61. The van der Waals surface area contributed by atoms with Crippen molar-refractivity contribution in [1.29, 1.82) is 0 Å². The molecule has 4 heterocycles. The minimum Gasteiger partial charge on any atom is -0.375 e. The van der Waals surface area contributed by atoms with Crippen LogP contribution in [0.25, 0.3) is 11.3 Å². The molecule has 0 amide bonds. The number of ether oxygens (including phenoxy) is 1. The van der Waals surface area contributed by atoms with Gasteiger partial charge in [0.05, 0.1) is 11.8 Å². The molecule has 0 aliphatic rings. The molecule has 30 heavy (non-hydrogen) atoms. The summed E-state index contributed by atoms with van der Waals surface area (Å²) in [6.45, 7) is 3.67. The summed E-state index contributed by atoms with van der Waals surface area (Å²) in [6.07, 6.45) is 3.82. The standard InChI is InChI=1S/C20H20ClFN6O2/c1-4-16(30-3)19-13(9-23-18-8-17(21)26-28(18)19)7-14(29)5-12-6-15(22)20-24-11(2)25-27(20)10-12/h6,8-10,16H,4-5,7H2,1-3H3/t16-/m0/s1. The summed E-state index contributed by atoms with van der Waals surface area (Å²) in [5, 5.41) is 8.73. The lowest BCUT2D eigenvalue weighted by molar-refractivity contribution is -0.117. The Balaban J connectivity index is 1.65. The van der Waals surface area contributed by atoms with E-state index in [4.69, 9.17) is 16.3 Å². The number of hydrogen-bond donors (Lipinski definition) is 0. The lowest BCUT2D eigenvalue weighted by atomic mass is 10.0. The number of Topliss-reactive ketones (excluding diaryl/α,β-unsaturated/α-hetero) is 1. The third-order valence-electron chi connectivity index (χ3n) is 4.87. The third-order valence-corrected chi connectivity index (χ3v) is 5.06. The van der Waals surface area contributed by atoms with Gasteiger partial charge in [-0.1, -0.05) is 18.5 Å². The van der Waals surface area contributed by atoms with Gasteiger partial charge in [-0.2, -0.15) is 10.2 Å². The minimum absolute atomic E-state index is 0.0485. The van der Waals surface area contributed by atoms with Crippen LogP contribution in [-0.4, -0.2) is 42.1 Å². The molecule has 1 atom stereocenters. The summed E-state index contributed by atoms with van der Waals surface area (Å²) in [4.78, 5) is 21.2. The molecule has 0 fully saturated rings. The molecule has 10 heteroatoms. The number of carbonyl (C=O) groups excluding carboxylic acids is 1. The number of aryl methyl sites for hydroxylation is 1. The van der Waals surface area contributed by atoms with E-state index in [2.05, 4.69) is 20.2 Å². The number of halogens is 2. The average Bonchev–Trinajstić information content (AvgIpc) is 3.25. The first-order valence-corrected chi connectivity index (χ1v) is 9.86. The van der Waals surface area contributed by atoms with Crippen LogP contribution in [0.15, 0.2) is 24.5 Å². The number of carbonyl (C=O) groups is 1. The van der Waals surface area contributed by atoms with E-state index >= 15 is 0 Å². The largest absolute Gasteiger partial charge is 0.375 e. The maximum absolute atomic E-state index is 14.3. The fraction of sp³-hybridized carbons (Fsp3) is 0.350. The van der Waals surface area contributed by atoms with Crippen LogP contribution in [0.3, 0.4) is 0 Å². The second-order valence-electron chi connectivity index (χ2n) is 7.05. The molecule has 0 saturated carbocycles. The summed E-state index contributed by atoms with van der Waals surface area (Å²) in [6, 6.07) is 2.97. The molecular weight excluding hydrogens is 411 g/mol. The van der Waals surface area contributed by atoms with Gasteiger partial charge in [0.2, 0.25) is 0 Å². The van der Waals surface area contributed by atoms with E-state index in [0.29, 0.717) is 34.2 Å². The number of ketones is 1. The summed E-state index contributed by atoms with van der Waals surface area (Å²) >= 11 is 6.05. The first kappa shape index (κ1) is 20.4. The van der Waals surface area contributed by atoms with Crippen molar-refractivity contribution in [3.63, 3.8) is 0 Å². The van der Waals surface area contributed by atoms with Gasteiger partial charge in [-0.15, -0.1) is 0 Å². The Morgan fingerprint density at radius 1 is 1.30 bits per heavy atom. The molecule has 0 spiro atoms. The van der Waals surface area contributed by atoms with Gasteiger partial charge in [-0.25, -0.2) is 23.4 Å². The monoisotopic (exact) mass is 430 g/mol. The molecule has 0 aromatic carbocycles. The van der Waals surface area contributed by atoms with Crippen molar-refractivity contribution in [2.75, 3.05) is 7.11 Å². The van der Waals surface area contributed by atoms with E-state index in [1.807, 2.05) is 6.92 Å². The highest BCUT2D eigenvalue weighted by atomic mass is 35.5. The van der Waals surface area contributed by atoms with Crippen molar-refractivity contribution in [2.45, 2.75) is 39.2 Å². The smallest absolute Gasteiger partial charge is 0.191 e. The van der Waals surface area contributed by atoms with Crippen molar-refractivity contribution < 1.29 is 13.9 Å². The van der Waals surface area contributed by atoms with E-state index in [9.17, 15) is 9.18 Å². The minimum atomic E-state index is -0.513. The zero-order chi connectivity index (χ0) is 21.4. The van der Waals surface area contributed by atoms with Crippen LogP contribution in [-0.2, 0) is 22.4 Å². The van der Waals surface area contributed by atoms with E-state index in [0.717, 1.165) is 5.69 Å². The Kier molecular flexibility index (Phi) is 5.48. The molecule has 0 saturated heterocycles. The van der Waals surface area contributed by atoms with Crippen LogP contribution in [0.4, 0.5) is 4.39 Å². The summed E-state index contributed by atoms with van der Waals surface area (Å²) < 4.78 is 22.9. The molecule has 0 aliphatic carbocycles. The fourth-order valence-electron chi connectivity index (χ4n) is 3.61. The van der Waals surface area contributed by atoms with Gasteiger partial charge in [-0.05, 0) is 25.0 Å².